The Hall–Kier alpha value is -2.09. The average molecular weight is 372 g/mol. The van der Waals surface area contributed by atoms with E-state index in [1.807, 2.05) is 23.3 Å². The first kappa shape index (κ1) is 18.3. The Balaban J connectivity index is 1.67. The standard InChI is InChI=1S/C20H28N4O3/c1-11-14-5-6-22-20(23-9-12(26)10-25)17(14)8-16-15-7-13(27-2)3-4-18(15)24(21)19(11)16/h3-7,11-12,14,16-17,19,25-26H,8-10,21H2,1-2H3,(H,22,23). The summed E-state index contributed by atoms with van der Waals surface area (Å²) < 4.78 is 5.43. The number of fused-ring (bicyclic) bond motifs is 4. The molecule has 1 aliphatic carbocycles. The van der Waals surface area contributed by atoms with Crippen LogP contribution in [0.4, 0.5) is 5.69 Å². The third kappa shape index (κ3) is 2.99. The molecule has 0 saturated heterocycles. The van der Waals surface area contributed by atoms with E-state index in [0.29, 0.717) is 17.8 Å². The van der Waals surface area contributed by atoms with Crippen molar-refractivity contribution < 1.29 is 14.9 Å². The Morgan fingerprint density at radius 2 is 2.22 bits per heavy atom. The summed E-state index contributed by atoms with van der Waals surface area (Å²) in [5.74, 6) is 9.48. The van der Waals surface area contributed by atoms with Crippen molar-refractivity contribution in [3.05, 3.63) is 36.0 Å². The molecular formula is C20H28N4O3. The molecule has 3 aliphatic rings. The van der Waals surface area contributed by atoms with Crippen LogP contribution >= 0.6 is 0 Å². The number of benzene rings is 1. The molecule has 7 nitrogen and oxygen atoms in total. The second-order valence-electron chi connectivity index (χ2n) is 7.77. The zero-order valence-corrected chi connectivity index (χ0v) is 15.7. The second kappa shape index (κ2) is 7.14. The van der Waals surface area contributed by atoms with Crippen molar-refractivity contribution in [3.8, 4) is 5.75 Å². The Bertz CT molecular complexity index is 766. The van der Waals surface area contributed by atoms with Crippen LogP contribution in [0.5, 0.6) is 5.75 Å². The maximum absolute atomic E-state index is 9.67. The minimum Gasteiger partial charge on any atom is -0.497 e. The average Bonchev–Trinajstić information content (AvgIpc) is 2.98. The lowest BCUT2D eigenvalue weighted by Crippen LogP contribution is -2.53. The number of ether oxygens (including phenoxy) is 1. The van der Waals surface area contributed by atoms with Crippen molar-refractivity contribution >= 4 is 11.5 Å². The molecule has 27 heavy (non-hydrogen) atoms. The number of aliphatic hydroxyl groups is 2. The summed E-state index contributed by atoms with van der Waals surface area (Å²) in [7, 11) is 1.68. The number of amidine groups is 1. The zero-order valence-electron chi connectivity index (χ0n) is 15.7. The molecule has 5 N–H and O–H groups in total. The van der Waals surface area contributed by atoms with Crippen molar-refractivity contribution in [1.29, 1.82) is 0 Å². The number of aliphatic hydroxyl groups excluding tert-OH is 2. The number of methoxy groups -OCH3 is 1. The van der Waals surface area contributed by atoms with E-state index < -0.39 is 6.10 Å². The van der Waals surface area contributed by atoms with E-state index >= 15 is 0 Å². The summed E-state index contributed by atoms with van der Waals surface area (Å²) in [5.41, 5.74) is 2.30. The minimum absolute atomic E-state index is 0.200. The van der Waals surface area contributed by atoms with Gasteiger partial charge < -0.3 is 25.3 Å². The van der Waals surface area contributed by atoms with Gasteiger partial charge in [-0.25, -0.2) is 5.84 Å². The number of anilines is 1. The number of aliphatic imine (C=N–C) groups is 1. The predicted octanol–water partition coefficient (Wildman–Crippen LogP) is 0.982. The molecule has 6 atom stereocenters. The SMILES string of the molecule is COc1ccc2c(c1)C1CC3C(=NCC(O)CO)NC=CC3C(C)C1N2N. The van der Waals surface area contributed by atoms with Crippen LogP contribution in [-0.2, 0) is 0 Å². The van der Waals surface area contributed by atoms with Gasteiger partial charge in [0.25, 0.3) is 0 Å². The van der Waals surface area contributed by atoms with E-state index in [-0.39, 0.29) is 25.1 Å². The van der Waals surface area contributed by atoms with Gasteiger partial charge in [-0.05, 0) is 48.2 Å². The number of nitrogens with one attached hydrogen (secondary N) is 1. The van der Waals surface area contributed by atoms with E-state index in [9.17, 15) is 5.11 Å². The fourth-order valence-corrected chi connectivity index (χ4v) is 5.02. The van der Waals surface area contributed by atoms with Gasteiger partial charge in [-0.2, -0.15) is 0 Å². The first-order valence-corrected chi connectivity index (χ1v) is 9.53. The van der Waals surface area contributed by atoms with Gasteiger partial charge >= 0.3 is 0 Å². The largest absolute Gasteiger partial charge is 0.497 e. The first-order valence-electron chi connectivity index (χ1n) is 9.53. The van der Waals surface area contributed by atoms with Gasteiger partial charge in [0.2, 0.25) is 0 Å². The third-order valence-corrected chi connectivity index (χ3v) is 6.35. The van der Waals surface area contributed by atoms with Crippen LogP contribution in [0.2, 0.25) is 0 Å². The molecule has 1 aromatic rings. The number of nitrogens with zero attached hydrogens (tertiary/aromatic N) is 2. The highest BCUT2D eigenvalue weighted by atomic mass is 16.5. The number of hydrogen-bond donors (Lipinski definition) is 4. The maximum atomic E-state index is 9.67. The minimum atomic E-state index is -0.826. The van der Waals surface area contributed by atoms with E-state index in [2.05, 4.69) is 29.4 Å². The maximum Gasteiger partial charge on any atom is 0.119 e. The topological polar surface area (TPSA) is 103 Å². The lowest BCUT2D eigenvalue weighted by molar-refractivity contribution is 0.102. The molecule has 0 spiro atoms. The summed E-state index contributed by atoms with van der Waals surface area (Å²) in [6, 6.07) is 6.34. The van der Waals surface area contributed by atoms with Crippen molar-refractivity contribution in [2.75, 3.05) is 25.3 Å². The molecule has 7 heteroatoms. The summed E-state index contributed by atoms with van der Waals surface area (Å²) in [4.78, 5) is 4.57. The summed E-state index contributed by atoms with van der Waals surface area (Å²) in [6.45, 7) is 2.18. The molecule has 0 bridgehead atoms. The molecule has 146 valence electrons. The highest BCUT2D eigenvalue weighted by molar-refractivity contribution is 5.87. The number of rotatable bonds is 4. The molecule has 1 fully saturated rings. The van der Waals surface area contributed by atoms with Gasteiger partial charge in [-0.15, -0.1) is 0 Å². The van der Waals surface area contributed by atoms with Crippen LogP contribution in [0.3, 0.4) is 0 Å². The highest BCUT2D eigenvalue weighted by Crippen LogP contribution is 2.53. The monoisotopic (exact) mass is 372 g/mol. The Kier molecular flexibility index (Phi) is 4.84. The molecule has 1 saturated carbocycles. The normalized spacial score (nSPS) is 33.9. The number of hydrazine groups is 1. The van der Waals surface area contributed by atoms with Crippen LogP contribution in [0.1, 0.15) is 24.8 Å². The van der Waals surface area contributed by atoms with Gasteiger partial charge in [0.1, 0.15) is 11.6 Å². The van der Waals surface area contributed by atoms with E-state index in [1.54, 1.807) is 7.11 Å². The van der Waals surface area contributed by atoms with Crippen LogP contribution in [-0.4, -0.2) is 48.5 Å². The van der Waals surface area contributed by atoms with Gasteiger partial charge in [0, 0.05) is 11.8 Å². The fraction of sp³-hybridized carbons (Fsp3) is 0.550. The molecule has 0 radical (unpaired) electrons. The first-order chi connectivity index (χ1) is 13.0. The highest BCUT2D eigenvalue weighted by Gasteiger charge is 2.50. The zero-order chi connectivity index (χ0) is 19.1. The summed E-state index contributed by atoms with van der Waals surface area (Å²) in [5, 5.41) is 23.9. The molecule has 0 aromatic heterocycles. The van der Waals surface area contributed by atoms with Crippen molar-refractivity contribution in [1.82, 2.24) is 5.32 Å². The van der Waals surface area contributed by atoms with E-state index in [4.69, 9.17) is 15.7 Å². The molecule has 1 aromatic carbocycles. The Morgan fingerprint density at radius 1 is 1.41 bits per heavy atom. The molecule has 4 rings (SSSR count). The van der Waals surface area contributed by atoms with Crippen LogP contribution in [0.15, 0.2) is 35.5 Å². The second-order valence-corrected chi connectivity index (χ2v) is 7.77. The molecular weight excluding hydrogens is 344 g/mol. The Labute approximate surface area is 159 Å². The van der Waals surface area contributed by atoms with Crippen LogP contribution in [0, 0.1) is 17.8 Å². The number of nitrogens with two attached hydrogens (primary N) is 1. The molecule has 6 unspecified atom stereocenters. The molecule has 2 aliphatic heterocycles. The van der Waals surface area contributed by atoms with E-state index in [1.165, 1.54) is 5.56 Å². The van der Waals surface area contributed by atoms with Crippen molar-refractivity contribution in [2.45, 2.75) is 31.4 Å². The summed E-state index contributed by atoms with van der Waals surface area (Å²) in [6.07, 6.45) is 4.26. The van der Waals surface area contributed by atoms with Crippen molar-refractivity contribution in [3.63, 3.8) is 0 Å². The van der Waals surface area contributed by atoms with Crippen LogP contribution in [0.25, 0.3) is 0 Å². The van der Waals surface area contributed by atoms with Gasteiger partial charge in [-0.3, -0.25) is 4.99 Å². The molecule has 0 amide bonds. The predicted molar refractivity (Wildman–Crippen MR) is 105 cm³/mol. The van der Waals surface area contributed by atoms with Crippen LogP contribution < -0.4 is 20.9 Å². The fourth-order valence-electron chi connectivity index (χ4n) is 5.02. The smallest absolute Gasteiger partial charge is 0.119 e. The van der Waals surface area contributed by atoms with Gasteiger partial charge in [-0.1, -0.05) is 13.0 Å². The lowest BCUT2D eigenvalue weighted by Gasteiger charge is -2.46. The quantitative estimate of drug-likeness (QED) is 0.588. The van der Waals surface area contributed by atoms with Gasteiger partial charge in [0.05, 0.1) is 38.1 Å². The van der Waals surface area contributed by atoms with Crippen molar-refractivity contribution in [2.24, 2.45) is 28.6 Å². The third-order valence-electron chi connectivity index (χ3n) is 6.35. The van der Waals surface area contributed by atoms with Gasteiger partial charge in [0.15, 0.2) is 0 Å². The molecule has 2 heterocycles. The number of allylic oxidation sites excluding steroid dienone is 1. The Morgan fingerprint density at radius 3 is 2.96 bits per heavy atom. The summed E-state index contributed by atoms with van der Waals surface area (Å²) >= 11 is 0. The lowest BCUT2D eigenvalue weighted by atomic mass is 9.64. The van der Waals surface area contributed by atoms with E-state index in [0.717, 1.165) is 23.7 Å². The number of hydrogen-bond acceptors (Lipinski definition) is 6.